The van der Waals surface area contributed by atoms with Crippen molar-refractivity contribution >= 4 is 17.6 Å². The third kappa shape index (κ3) is 1.89. The van der Waals surface area contributed by atoms with Gasteiger partial charge in [-0.3, -0.25) is 0 Å². The Kier molecular flexibility index (Phi) is 2.85. The molecule has 0 unspecified atom stereocenters. The van der Waals surface area contributed by atoms with Crippen LogP contribution in [-0.4, -0.2) is 20.9 Å². The SMILES string of the molecule is Cc1nn(-c2ccccc2F)c(Cl)c1C(=O)O. The number of nitrogens with zero attached hydrogens (tertiary/aromatic N) is 2. The van der Waals surface area contributed by atoms with Gasteiger partial charge in [-0.25, -0.2) is 13.9 Å². The molecule has 2 rings (SSSR count). The van der Waals surface area contributed by atoms with Gasteiger partial charge in [-0.1, -0.05) is 23.7 Å². The summed E-state index contributed by atoms with van der Waals surface area (Å²) in [4.78, 5) is 10.9. The van der Waals surface area contributed by atoms with Crippen LogP contribution in [0.25, 0.3) is 5.69 Å². The molecule has 0 atom stereocenters. The zero-order chi connectivity index (χ0) is 12.6. The summed E-state index contributed by atoms with van der Waals surface area (Å²) in [6, 6.07) is 5.87. The van der Waals surface area contributed by atoms with E-state index in [-0.39, 0.29) is 22.1 Å². The summed E-state index contributed by atoms with van der Waals surface area (Å²) >= 11 is 5.88. The van der Waals surface area contributed by atoms with Gasteiger partial charge in [0.25, 0.3) is 0 Å². The van der Waals surface area contributed by atoms with Gasteiger partial charge in [-0.05, 0) is 19.1 Å². The molecule has 4 nitrogen and oxygen atoms in total. The lowest BCUT2D eigenvalue weighted by Crippen LogP contribution is -2.01. The highest BCUT2D eigenvalue weighted by molar-refractivity contribution is 6.32. The van der Waals surface area contributed by atoms with Gasteiger partial charge in [0, 0.05) is 0 Å². The molecule has 0 aliphatic carbocycles. The molecule has 0 bridgehead atoms. The molecule has 0 fully saturated rings. The molecule has 0 spiro atoms. The Bertz CT molecular complexity index is 595. The molecule has 88 valence electrons. The molecule has 1 aromatic heterocycles. The largest absolute Gasteiger partial charge is 0.478 e. The van der Waals surface area contributed by atoms with Gasteiger partial charge < -0.3 is 5.11 Å². The molecule has 2 aromatic rings. The number of carboxylic acid groups (broad SMARTS) is 1. The lowest BCUT2D eigenvalue weighted by Gasteiger charge is -2.03. The Labute approximate surface area is 101 Å². The van der Waals surface area contributed by atoms with Crippen LogP contribution in [0.2, 0.25) is 5.15 Å². The number of rotatable bonds is 2. The van der Waals surface area contributed by atoms with Gasteiger partial charge in [-0.15, -0.1) is 0 Å². The van der Waals surface area contributed by atoms with E-state index < -0.39 is 11.8 Å². The summed E-state index contributed by atoms with van der Waals surface area (Å²) in [5.41, 5.74) is 0.244. The van der Waals surface area contributed by atoms with Crippen molar-refractivity contribution in [1.29, 1.82) is 0 Å². The highest BCUT2D eigenvalue weighted by Crippen LogP contribution is 2.24. The highest BCUT2D eigenvalue weighted by atomic mass is 35.5. The zero-order valence-electron chi connectivity index (χ0n) is 8.82. The number of halogens is 2. The van der Waals surface area contributed by atoms with Gasteiger partial charge in [0.05, 0.1) is 5.69 Å². The predicted molar refractivity (Wildman–Crippen MR) is 60.2 cm³/mol. The average molecular weight is 255 g/mol. The normalized spacial score (nSPS) is 10.5. The lowest BCUT2D eigenvalue weighted by molar-refractivity contribution is 0.0696. The Hall–Kier alpha value is -1.88. The van der Waals surface area contributed by atoms with Crippen LogP contribution in [0.1, 0.15) is 16.1 Å². The minimum Gasteiger partial charge on any atom is -0.478 e. The molecule has 0 radical (unpaired) electrons. The van der Waals surface area contributed by atoms with Gasteiger partial charge >= 0.3 is 5.97 Å². The first-order valence-corrected chi connectivity index (χ1v) is 5.13. The topological polar surface area (TPSA) is 55.1 Å². The minimum atomic E-state index is -1.19. The first-order chi connectivity index (χ1) is 8.02. The molecule has 0 amide bonds. The molecule has 0 aliphatic rings. The second-order valence-electron chi connectivity index (χ2n) is 3.42. The maximum atomic E-state index is 13.5. The Morgan fingerprint density at radius 2 is 2.12 bits per heavy atom. The highest BCUT2D eigenvalue weighted by Gasteiger charge is 2.21. The molecule has 0 aliphatic heterocycles. The van der Waals surface area contributed by atoms with E-state index in [1.807, 2.05) is 0 Å². The quantitative estimate of drug-likeness (QED) is 0.896. The molecular weight excluding hydrogens is 247 g/mol. The molecule has 0 saturated heterocycles. The van der Waals surface area contributed by atoms with Crippen molar-refractivity contribution in [3.8, 4) is 5.69 Å². The maximum Gasteiger partial charge on any atom is 0.340 e. The monoisotopic (exact) mass is 254 g/mol. The second kappa shape index (κ2) is 4.18. The van der Waals surface area contributed by atoms with Crippen LogP contribution in [0.3, 0.4) is 0 Å². The van der Waals surface area contributed by atoms with E-state index in [4.69, 9.17) is 16.7 Å². The summed E-state index contributed by atoms with van der Waals surface area (Å²) in [7, 11) is 0. The molecule has 1 aromatic carbocycles. The number of aryl methyl sites for hydroxylation is 1. The fourth-order valence-corrected chi connectivity index (χ4v) is 1.87. The number of carboxylic acids is 1. The van der Waals surface area contributed by atoms with Crippen LogP contribution < -0.4 is 0 Å². The Balaban J connectivity index is 2.66. The third-order valence-electron chi connectivity index (χ3n) is 2.30. The summed E-state index contributed by atoms with van der Waals surface area (Å²) < 4.78 is 14.6. The van der Waals surface area contributed by atoms with E-state index in [1.54, 1.807) is 6.07 Å². The van der Waals surface area contributed by atoms with Crippen molar-refractivity contribution in [2.45, 2.75) is 6.92 Å². The van der Waals surface area contributed by atoms with Crippen molar-refractivity contribution in [2.75, 3.05) is 0 Å². The van der Waals surface area contributed by atoms with Crippen molar-refractivity contribution in [3.05, 3.63) is 46.5 Å². The zero-order valence-corrected chi connectivity index (χ0v) is 9.57. The van der Waals surface area contributed by atoms with E-state index >= 15 is 0 Å². The number of hydrogen-bond donors (Lipinski definition) is 1. The number of carbonyl (C=O) groups is 1. The third-order valence-corrected chi connectivity index (χ3v) is 2.65. The first kappa shape index (κ1) is 11.6. The van der Waals surface area contributed by atoms with Crippen molar-refractivity contribution in [2.24, 2.45) is 0 Å². The van der Waals surface area contributed by atoms with Gasteiger partial charge in [-0.2, -0.15) is 5.10 Å². The Morgan fingerprint density at radius 1 is 1.47 bits per heavy atom. The molecule has 1 N–H and O–H groups in total. The van der Waals surface area contributed by atoms with E-state index in [9.17, 15) is 9.18 Å². The van der Waals surface area contributed by atoms with E-state index in [0.717, 1.165) is 4.68 Å². The smallest absolute Gasteiger partial charge is 0.340 e. The van der Waals surface area contributed by atoms with Crippen LogP contribution >= 0.6 is 11.6 Å². The molecule has 1 heterocycles. The number of hydrogen-bond acceptors (Lipinski definition) is 2. The lowest BCUT2D eigenvalue weighted by atomic mass is 10.2. The fourth-order valence-electron chi connectivity index (χ4n) is 1.53. The molecule has 17 heavy (non-hydrogen) atoms. The number of aromatic nitrogens is 2. The Morgan fingerprint density at radius 3 is 2.65 bits per heavy atom. The van der Waals surface area contributed by atoms with E-state index in [0.29, 0.717) is 0 Å². The van der Waals surface area contributed by atoms with Crippen molar-refractivity contribution in [3.63, 3.8) is 0 Å². The summed E-state index contributed by atoms with van der Waals surface area (Å²) in [6.45, 7) is 1.51. The van der Waals surface area contributed by atoms with Gasteiger partial charge in [0.1, 0.15) is 22.2 Å². The van der Waals surface area contributed by atoms with Gasteiger partial charge in [0.2, 0.25) is 0 Å². The summed E-state index contributed by atoms with van der Waals surface area (Å²) in [6.07, 6.45) is 0. The van der Waals surface area contributed by atoms with E-state index in [1.165, 1.54) is 25.1 Å². The maximum absolute atomic E-state index is 13.5. The van der Waals surface area contributed by atoms with Crippen molar-refractivity contribution in [1.82, 2.24) is 9.78 Å². The first-order valence-electron chi connectivity index (χ1n) is 4.75. The fraction of sp³-hybridized carbons (Fsp3) is 0.0909. The average Bonchev–Trinajstić information content (AvgIpc) is 2.55. The molecular formula is C11H8ClFN2O2. The van der Waals surface area contributed by atoms with Crippen molar-refractivity contribution < 1.29 is 14.3 Å². The van der Waals surface area contributed by atoms with Crippen LogP contribution in [0.5, 0.6) is 0 Å². The molecule has 0 saturated carbocycles. The van der Waals surface area contributed by atoms with E-state index in [2.05, 4.69) is 5.10 Å². The van der Waals surface area contributed by atoms with Crippen LogP contribution in [-0.2, 0) is 0 Å². The summed E-state index contributed by atoms with van der Waals surface area (Å²) in [5, 5.41) is 12.8. The van der Waals surface area contributed by atoms with Gasteiger partial charge in [0.15, 0.2) is 0 Å². The van der Waals surface area contributed by atoms with Crippen LogP contribution in [0.15, 0.2) is 24.3 Å². The van der Waals surface area contributed by atoms with Crippen LogP contribution in [0.4, 0.5) is 4.39 Å². The van der Waals surface area contributed by atoms with Crippen LogP contribution in [0, 0.1) is 12.7 Å². The standard InChI is InChI=1S/C11H8ClFN2O2/c1-6-9(11(16)17)10(12)15(14-6)8-5-3-2-4-7(8)13/h2-5H,1H3,(H,16,17). The number of aromatic carboxylic acids is 1. The number of para-hydroxylation sites is 1. The molecule has 6 heteroatoms. The predicted octanol–water partition coefficient (Wildman–Crippen LogP) is 2.67. The number of benzene rings is 1. The summed E-state index contributed by atoms with van der Waals surface area (Å²) in [5.74, 6) is -1.70. The minimum absolute atomic E-state index is 0.111. The second-order valence-corrected chi connectivity index (χ2v) is 3.78.